The molecule has 1 aliphatic carbocycles. The molecular weight excluding hydrogens is 292 g/mol. The third-order valence-corrected chi connectivity index (χ3v) is 4.10. The van der Waals surface area contributed by atoms with Crippen molar-refractivity contribution in [1.82, 2.24) is 0 Å². The summed E-state index contributed by atoms with van der Waals surface area (Å²) in [5, 5.41) is 7.65. The first-order chi connectivity index (χ1) is 9.78. The largest absolute Gasteiger partial charge is 0.324 e. The second-order valence-corrected chi connectivity index (χ2v) is 6.69. The molecule has 1 aromatic rings. The maximum Gasteiger partial charge on any atom is 0.296 e. The van der Waals surface area contributed by atoms with Gasteiger partial charge < -0.3 is 11.1 Å². The van der Waals surface area contributed by atoms with Crippen LogP contribution in [0.4, 0.5) is 11.4 Å². The van der Waals surface area contributed by atoms with E-state index in [1.807, 2.05) is 0 Å². The van der Waals surface area contributed by atoms with Gasteiger partial charge in [0, 0.05) is 5.69 Å². The van der Waals surface area contributed by atoms with E-state index in [9.17, 15) is 13.2 Å². The van der Waals surface area contributed by atoms with Gasteiger partial charge in [0.15, 0.2) is 0 Å². The Morgan fingerprint density at radius 1 is 1.14 bits per heavy atom. The molecule has 0 aliphatic heterocycles. The number of hydrogen-bond acceptors (Lipinski definition) is 4. The van der Waals surface area contributed by atoms with Gasteiger partial charge in [0.05, 0.1) is 11.2 Å². The molecule has 7 nitrogen and oxygen atoms in total. The molecule has 6 N–H and O–H groups in total. The standard InChI is InChI=1S/C13H20N4O3S/c14-13(7-2-1-3-8-13)12(18)16-10-5-4-6-11(9-10)17-21(15,19)20/h4-6,9,17H,1-3,7-8,14H2,(H,16,18)(H2,15,19,20). The van der Waals surface area contributed by atoms with Crippen LogP contribution in [0.1, 0.15) is 32.1 Å². The number of hydrogen-bond donors (Lipinski definition) is 4. The van der Waals surface area contributed by atoms with Crippen LogP contribution in [0.2, 0.25) is 0 Å². The Labute approximate surface area is 124 Å². The van der Waals surface area contributed by atoms with Crippen LogP contribution in [-0.2, 0) is 15.0 Å². The van der Waals surface area contributed by atoms with Gasteiger partial charge in [-0.05, 0) is 31.0 Å². The van der Waals surface area contributed by atoms with E-state index >= 15 is 0 Å². The molecule has 0 heterocycles. The second kappa shape index (κ2) is 6.00. The predicted molar refractivity (Wildman–Crippen MR) is 81.8 cm³/mol. The summed E-state index contributed by atoms with van der Waals surface area (Å²) in [6, 6.07) is 6.32. The van der Waals surface area contributed by atoms with Crippen molar-refractivity contribution in [3.8, 4) is 0 Å². The Bertz CT molecular complexity index is 624. The average molecular weight is 312 g/mol. The van der Waals surface area contributed by atoms with Gasteiger partial charge in [-0.2, -0.15) is 8.42 Å². The van der Waals surface area contributed by atoms with Gasteiger partial charge in [0.1, 0.15) is 0 Å². The molecule has 0 atom stereocenters. The summed E-state index contributed by atoms with van der Waals surface area (Å²) in [6.07, 6.45) is 4.30. The number of carbonyl (C=O) groups excluding carboxylic acids is 1. The van der Waals surface area contributed by atoms with E-state index in [2.05, 4.69) is 10.0 Å². The third-order valence-electron chi connectivity index (χ3n) is 3.58. The number of nitrogens with one attached hydrogen (secondary N) is 2. The van der Waals surface area contributed by atoms with Crippen molar-refractivity contribution in [3.63, 3.8) is 0 Å². The average Bonchev–Trinajstić information content (AvgIpc) is 2.38. The number of anilines is 2. The number of benzene rings is 1. The molecule has 0 aromatic heterocycles. The summed E-state index contributed by atoms with van der Waals surface area (Å²) in [5.74, 6) is -0.241. The zero-order chi connectivity index (χ0) is 15.5. The van der Waals surface area contributed by atoms with Crippen LogP contribution in [0.3, 0.4) is 0 Å². The fourth-order valence-electron chi connectivity index (χ4n) is 2.49. The molecule has 0 radical (unpaired) electrons. The zero-order valence-electron chi connectivity index (χ0n) is 11.6. The quantitative estimate of drug-likeness (QED) is 0.658. The molecule has 8 heteroatoms. The lowest BCUT2D eigenvalue weighted by Gasteiger charge is -2.31. The third kappa shape index (κ3) is 4.42. The van der Waals surface area contributed by atoms with Crippen LogP contribution in [0, 0.1) is 0 Å². The van der Waals surface area contributed by atoms with Crippen molar-refractivity contribution in [2.24, 2.45) is 10.9 Å². The van der Waals surface area contributed by atoms with Crippen LogP contribution >= 0.6 is 0 Å². The minimum Gasteiger partial charge on any atom is -0.324 e. The molecule has 0 unspecified atom stereocenters. The van der Waals surface area contributed by atoms with Gasteiger partial charge in [-0.1, -0.05) is 25.3 Å². The highest BCUT2D eigenvalue weighted by atomic mass is 32.2. The Hall–Kier alpha value is -1.64. The van der Waals surface area contributed by atoms with Crippen molar-refractivity contribution < 1.29 is 13.2 Å². The van der Waals surface area contributed by atoms with E-state index in [1.165, 1.54) is 6.07 Å². The summed E-state index contributed by atoms with van der Waals surface area (Å²) in [5.41, 5.74) is 6.06. The molecule has 1 aromatic carbocycles. The van der Waals surface area contributed by atoms with Crippen LogP contribution in [0.15, 0.2) is 24.3 Å². The molecular formula is C13H20N4O3S. The normalized spacial score (nSPS) is 18.0. The first-order valence-electron chi connectivity index (χ1n) is 6.79. The van der Waals surface area contributed by atoms with E-state index in [0.717, 1.165) is 19.3 Å². The van der Waals surface area contributed by atoms with E-state index in [0.29, 0.717) is 18.5 Å². The number of rotatable bonds is 4. The van der Waals surface area contributed by atoms with Crippen LogP contribution in [0.5, 0.6) is 0 Å². The van der Waals surface area contributed by atoms with Crippen molar-refractivity contribution in [3.05, 3.63) is 24.3 Å². The maximum atomic E-state index is 12.3. The van der Waals surface area contributed by atoms with Crippen molar-refractivity contribution in [2.75, 3.05) is 10.0 Å². The van der Waals surface area contributed by atoms with E-state index in [1.54, 1.807) is 18.2 Å². The van der Waals surface area contributed by atoms with Gasteiger partial charge in [-0.3, -0.25) is 9.52 Å². The Balaban J connectivity index is 2.09. The first-order valence-corrected chi connectivity index (χ1v) is 8.34. The fourth-order valence-corrected chi connectivity index (χ4v) is 2.95. The zero-order valence-corrected chi connectivity index (χ0v) is 12.4. The highest BCUT2D eigenvalue weighted by Gasteiger charge is 2.35. The minimum atomic E-state index is -3.84. The Morgan fingerprint density at radius 3 is 2.38 bits per heavy atom. The van der Waals surface area contributed by atoms with Gasteiger partial charge in [-0.25, -0.2) is 5.14 Å². The number of nitrogens with two attached hydrogens (primary N) is 2. The molecule has 1 saturated carbocycles. The first kappa shape index (κ1) is 15.7. The van der Waals surface area contributed by atoms with Gasteiger partial charge in [0.25, 0.3) is 10.2 Å². The lowest BCUT2D eigenvalue weighted by atomic mass is 9.82. The van der Waals surface area contributed by atoms with Gasteiger partial charge in [-0.15, -0.1) is 0 Å². The van der Waals surface area contributed by atoms with E-state index < -0.39 is 15.7 Å². The smallest absolute Gasteiger partial charge is 0.296 e. The molecule has 1 aliphatic rings. The predicted octanol–water partition coefficient (Wildman–Crippen LogP) is 0.902. The van der Waals surface area contributed by atoms with Crippen LogP contribution in [0.25, 0.3) is 0 Å². The summed E-state index contributed by atoms with van der Waals surface area (Å²) in [6.45, 7) is 0. The highest BCUT2D eigenvalue weighted by Crippen LogP contribution is 2.27. The molecule has 0 saturated heterocycles. The van der Waals surface area contributed by atoms with E-state index in [4.69, 9.17) is 10.9 Å². The van der Waals surface area contributed by atoms with Crippen LogP contribution < -0.4 is 20.9 Å². The summed E-state index contributed by atoms with van der Waals surface area (Å²) in [7, 11) is -3.84. The van der Waals surface area contributed by atoms with Gasteiger partial charge >= 0.3 is 0 Å². The summed E-state index contributed by atoms with van der Waals surface area (Å²) >= 11 is 0. The molecule has 1 fully saturated rings. The monoisotopic (exact) mass is 312 g/mol. The van der Waals surface area contributed by atoms with Crippen molar-refractivity contribution >= 4 is 27.5 Å². The van der Waals surface area contributed by atoms with Crippen LogP contribution in [-0.4, -0.2) is 19.9 Å². The molecule has 21 heavy (non-hydrogen) atoms. The molecule has 0 spiro atoms. The Morgan fingerprint density at radius 2 is 1.76 bits per heavy atom. The lowest BCUT2D eigenvalue weighted by Crippen LogP contribution is -2.52. The summed E-state index contributed by atoms with van der Waals surface area (Å²) < 4.78 is 24.1. The molecule has 1 amide bonds. The SMILES string of the molecule is NC1(C(=O)Nc2cccc(NS(N)(=O)=O)c2)CCCCC1. The second-order valence-electron chi connectivity index (χ2n) is 5.40. The molecule has 2 rings (SSSR count). The van der Waals surface area contributed by atoms with Crippen molar-refractivity contribution in [1.29, 1.82) is 0 Å². The topological polar surface area (TPSA) is 127 Å². The van der Waals surface area contributed by atoms with Gasteiger partial charge in [0.2, 0.25) is 5.91 Å². The minimum absolute atomic E-state index is 0.241. The Kier molecular flexibility index (Phi) is 4.50. The molecule has 0 bridgehead atoms. The van der Waals surface area contributed by atoms with E-state index in [-0.39, 0.29) is 11.6 Å². The van der Waals surface area contributed by atoms with Crippen molar-refractivity contribution in [2.45, 2.75) is 37.6 Å². The number of amides is 1. The fraction of sp³-hybridized carbons (Fsp3) is 0.462. The molecule has 116 valence electrons. The summed E-state index contributed by atoms with van der Waals surface area (Å²) in [4.78, 5) is 12.3. The highest BCUT2D eigenvalue weighted by molar-refractivity contribution is 7.90. The lowest BCUT2D eigenvalue weighted by molar-refractivity contribution is -0.122. The number of carbonyl (C=O) groups is 1. The maximum absolute atomic E-state index is 12.3.